The largest absolute Gasteiger partial charge is 0.393 e. The smallest absolute Gasteiger partial charge is 0.220 e. The lowest BCUT2D eigenvalue weighted by molar-refractivity contribution is -0.121. The van der Waals surface area contributed by atoms with E-state index in [0.29, 0.717) is 25.3 Å². The van der Waals surface area contributed by atoms with Crippen LogP contribution < -0.4 is 5.32 Å². The molecular weight excluding hydrogens is 190 g/mol. The molecule has 1 rings (SSSR count). The van der Waals surface area contributed by atoms with Crippen molar-refractivity contribution in [1.29, 1.82) is 0 Å². The molecule has 3 nitrogen and oxygen atoms in total. The van der Waals surface area contributed by atoms with Gasteiger partial charge in [-0.1, -0.05) is 19.1 Å². The molecule has 0 saturated carbocycles. The Morgan fingerprint density at radius 3 is 3.07 bits per heavy atom. The minimum absolute atomic E-state index is 0.106. The molecule has 0 fully saturated rings. The fraction of sp³-hybridized carbons (Fsp3) is 0.750. The summed E-state index contributed by atoms with van der Waals surface area (Å²) in [5.74, 6) is 0.538. The van der Waals surface area contributed by atoms with Crippen molar-refractivity contribution in [2.45, 2.75) is 45.1 Å². The Bertz CT molecular complexity index is 226. The number of amides is 1. The summed E-state index contributed by atoms with van der Waals surface area (Å²) < 4.78 is 0. The zero-order chi connectivity index (χ0) is 11.1. The van der Waals surface area contributed by atoms with Crippen molar-refractivity contribution in [1.82, 2.24) is 5.32 Å². The van der Waals surface area contributed by atoms with Crippen LogP contribution in [0.3, 0.4) is 0 Å². The number of carbonyl (C=O) groups is 1. The van der Waals surface area contributed by atoms with Crippen LogP contribution in [-0.4, -0.2) is 23.7 Å². The number of rotatable bonds is 6. The molecule has 1 aliphatic rings. The minimum Gasteiger partial charge on any atom is -0.393 e. The van der Waals surface area contributed by atoms with Gasteiger partial charge in [-0.05, 0) is 31.6 Å². The normalized spacial score (nSPS) is 21.6. The van der Waals surface area contributed by atoms with Crippen molar-refractivity contribution < 1.29 is 9.90 Å². The van der Waals surface area contributed by atoms with Gasteiger partial charge in [-0.3, -0.25) is 4.79 Å². The second-order valence-corrected chi connectivity index (χ2v) is 4.17. The maximum atomic E-state index is 11.4. The Hall–Kier alpha value is -0.830. The SMILES string of the molecule is CCC(O)CCNC(=O)CC1C=CCC1. The van der Waals surface area contributed by atoms with Crippen LogP contribution in [0.4, 0.5) is 0 Å². The van der Waals surface area contributed by atoms with Crippen molar-refractivity contribution in [3.63, 3.8) is 0 Å². The van der Waals surface area contributed by atoms with Gasteiger partial charge in [0.1, 0.15) is 0 Å². The molecule has 0 aromatic rings. The molecule has 2 atom stereocenters. The zero-order valence-electron chi connectivity index (χ0n) is 9.41. The molecular formula is C12H21NO2. The first-order valence-electron chi connectivity index (χ1n) is 5.83. The van der Waals surface area contributed by atoms with E-state index in [1.807, 2.05) is 6.92 Å². The molecule has 1 amide bonds. The third kappa shape index (κ3) is 4.98. The van der Waals surface area contributed by atoms with Gasteiger partial charge in [0.2, 0.25) is 5.91 Å². The Balaban J connectivity index is 2.05. The molecule has 1 aliphatic carbocycles. The van der Waals surface area contributed by atoms with E-state index in [2.05, 4.69) is 17.5 Å². The molecule has 15 heavy (non-hydrogen) atoms. The molecule has 86 valence electrons. The maximum Gasteiger partial charge on any atom is 0.220 e. The Labute approximate surface area is 91.6 Å². The molecule has 0 aromatic carbocycles. The van der Waals surface area contributed by atoms with E-state index >= 15 is 0 Å². The Kier molecular flexibility index (Phi) is 5.40. The van der Waals surface area contributed by atoms with Gasteiger partial charge in [0.15, 0.2) is 0 Å². The van der Waals surface area contributed by atoms with Crippen LogP contribution in [0.1, 0.15) is 39.0 Å². The number of aliphatic hydroxyl groups excluding tert-OH is 1. The zero-order valence-corrected chi connectivity index (χ0v) is 9.41. The summed E-state index contributed by atoms with van der Waals surface area (Å²) in [4.78, 5) is 11.4. The van der Waals surface area contributed by atoms with Crippen LogP contribution in [0.5, 0.6) is 0 Å². The van der Waals surface area contributed by atoms with Crippen LogP contribution in [0, 0.1) is 5.92 Å². The van der Waals surface area contributed by atoms with Crippen molar-refractivity contribution in [2.24, 2.45) is 5.92 Å². The van der Waals surface area contributed by atoms with Crippen LogP contribution in [0.15, 0.2) is 12.2 Å². The highest BCUT2D eigenvalue weighted by atomic mass is 16.3. The molecule has 2 unspecified atom stereocenters. The molecule has 0 aliphatic heterocycles. The first-order valence-corrected chi connectivity index (χ1v) is 5.83. The van der Waals surface area contributed by atoms with Crippen LogP contribution >= 0.6 is 0 Å². The summed E-state index contributed by atoms with van der Waals surface area (Å²) >= 11 is 0. The van der Waals surface area contributed by atoms with E-state index in [4.69, 9.17) is 0 Å². The Morgan fingerprint density at radius 1 is 1.67 bits per heavy atom. The van der Waals surface area contributed by atoms with E-state index < -0.39 is 0 Å². The molecule has 3 heteroatoms. The molecule has 0 spiro atoms. The predicted molar refractivity (Wildman–Crippen MR) is 60.4 cm³/mol. The Morgan fingerprint density at radius 2 is 2.47 bits per heavy atom. The highest BCUT2D eigenvalue weighted by molar-refractivity contribution is 5.76. The fourth-order valence-corrected chi connectivity index (χ4v) is 1.76. The molecule has 0 aromatic heterocycles. The van der Waals surface area contributed by atoms with E-state index in [9.17, 15) is 9.90 Å². The quantitative estimate of drug-likeness (QED) is 0.656. The van der Waals surface area contributed by atoms with E-state index in [1.54, 1.807) is 0 Å². The summed E-state index contributed by atoms with van der Waals surface area (Å²) in [5, 5.41) is 12.1. The molecule has 0 heterocycles. The first kappa shape index (κ1) is 12.2. The average molecular weight is 211 g/mol. The minimum atomic E-state index is -0.281. The average Bonchev–Trinajstić information content (AvgIpc) is 2.70. The number of allylic oxidation sites excluding steroid dienone is 2. The van der Waals surface area contributed by atoms with Crippen LogP contribution in [-0.2, 0) is 4.79 Å². The summed E-state index contributed by atoms with van der Waals surface area (Å²) in [6, 6.07) is 0. The van der Waals surface area contributed by atoms with Gasteiger partial charge in [-0.25, -0.2) is 0 Å². The number of aliphatic hydroxyl groups is 1. The second-order valence-electron chi connectivity index (χ2n) is 4.17. The van der Waals surface area contributed by atoms with Gasteiger partial charge in [-0.2, -0.15) is 0 Å². The highest BCUT2D eigenvalue weighted by Gasteiger charge is 2.13. The third-order valence-electron chi connectivity index (χ3n) is 2.83. The first-order chi connectivity index (χ1) is 7.22. The lowest BCUT2D eigenvalue weighted by Gasteiger charge is -2.10. The highest BCUT2D eigenvalue weighted by Crippen LogP contribution is 2.19. The second kappa shape index (κ2) is 6.62. The van der Waals surface area contributed by atoms with Crippen molar-refractivity contribution >= 4 is 5.91 Å². The maximum absolute atomic E-state index is 11.4. The van der Waals surface area contributed by atoms with E-state index in [0.717, 1.165) is 19.3 Å². The molecule has 0 bridgehead atoms. The summed E-state index contributed by atoms with van der Waals surface area (Å²) in [6.45, 7) is 2.53. The van der Waals surface area contributed by atoms with Gasteiger partial charge in [0.05, 0.1) is 6.10 Å². The standard InChI is InChI=1S/C12H21NO2/c1-2-11(14)7-8-13-12(15)9-10-5-3-4-6-10/h3,5,10-11,14H,2,4,6-9H2,1H3,(H,13,15). The number of carbonyl (C=O) groups excluding carboxylic acids is 1. The number of hydrogen-bond acceptors (Lipinski definition) is 2. The van der Waals surface area contributed by atoms with Crippen molar-refractivity contribution in [3.05, 3.63) is 12.2 Å². The van der Waals surface area contributed by atoms with Gasteiger partial charge >= 0.3 is 0 Å². The van der Waals surface area contributed by atoms with Crippen molar-refractivity contribution in [3.8, 4) is 0 Å². The van der Waals surface area contributed by atoms with Gasteiger partial charge in [0, 0.05) is 13.0 Å². The number of nitrogens with one attached hydrogen (secondary N) is 1. The van der Waals surface area contributed by atoms with Gasteiger partial charge in [-0.15, -0.1) is 0 Å². The summed E-state index contributed by atoms with van der Waals surface area (Å²) in [7, 11) is 0. The number of hydrogen-bond donors (Lipinski definition) is 2. The van der Waals surface area contributed by atoms with E-state index in [-0.39, 0.29) is 12.0 Å². The monoisotopic (exact) mass is 211 g/mol. The molecule has 0 saturated heterocycles. The third-order valence-corrected chi connectivity index (χ3v) is 2.83. The van der Waals surface area contributed by atoms with Crippen LogP contribution in [0.2, 0.25) is 0 Å². The van der Waals surface area contributed by atoms with E-state index in [1.165, 1.54) is 0 Å². The lowest BCUT2D eigenvalue weighted by Crippen LogP contribution is -2.28. The molecule has 0 radical (unpaired) electrons. The topological polar surface area (TPSA) is 49.3 Å². The van der Waals surface area contributed by atoms with Crippen molar-refractivity contribution in [2.75, 3.05) is 6.54 Å². The van der Waals surface area contributed by atoms with Gasteiger partial charge in [0.25, 0.3) is 0 Å². The van der Waals surface area contributed by atoms with Gasteiger partial charge < -0.3 is 10.4 Å². The van der Waals surface area contributed by atoms with Crippen LogP contribution in [0.25, 0.3) is 0 Å². The molecule has 2 N–H and O–H groups in total. The summed E-state index contributed by atoms with van der Waals surface area (Å²) in [5.41, 5.74) is 0. The fourth-order valence-electron chi connectivity index (χ4n) is 1.76. The summed E-state index contributed by atoms with van der Waals surface area (Å²) in [6.07, 6.45) is 8.19. The lowest BCUT2D eigenvalue weighted by atomic mass is 10.1. The predicted octanol–water partition coefficient (Wildman–Crippen LogP) is 1.62.